The second-order valence-electron chi connectivity index (χ2n) is 5.50. The third kappa shape index (κ3) is 3.29. The molecule has 0 atom stereocenters. The van der Waals surface area contributed by atoms with E-state index in [9.17, 15) is 13.2 Å². The van der Waals surface area contributed by atoms with Crippen molar-refractivity contribution in [2.75, 3.05) is 20.2 Å². The number of benzene rings is 2. The predicted molar refractivity (Wildman–Crippen MR) is 85.9 cm³/mol. The fourth-order valence-corrected chi connectivity index (χ4v) is 3.14. The molecule has 0 unspecified atom stereocenters. The number of rotatable bonds is 3. The molecule has 2 nitrogen and oxygen atoms in total. The number of hydrogen-bond acceptors (Lipinski definition) is 2. The minimum Gasteiger partial charge on any atom is -0.302 e. The van der Waals surface area contributed by atoms with Gasteiger partial charge in [-0.25, -0.2) is 0 Å². The van der Waals surface area contributed by atoms with Gasteiger partial charge < -0.3 is 4.84 Å². The van der Waals surface area contributed by atoms with Crippen molar-refractivity contribution >= 4 is 15.9 Å². The number of hydroxylamine groups is 2. The summed E-state index contributed by atoms with van der Waals surface area (Å²) >= 11 is 3.31. The van der Waals surface area contributed by atoms with Crippen LogP contribution >= 0.6 is 15.9 Å². The average Bonchev–Trinajstić information content (AvgIpc) is 2.45. The zero-order chi connectivity index (χ0) is 16.6. The number of hydrogen-bond donors (Lipinski definition) is 0. The molecule has 0 N–H and O–H groups in total. The molecule has 23 heavy (non-hydrogen) atoms. The zero-order valence-corrected chi connectivity index (χ0v) is 14.0. The summed E-state index contributed by atoms with van der Waals surface area (Å²) in [6.45, 7) is 0.951. The Hall–Kier alpha value is -1.37. The van der Waals surface area contributed by atoms with E-state index < -0.39 is 11.7 Å². The largest absolute Gasteiger partial charge is 0.417 e. The van der Waals surface area contributed by atoms with Crippen LogP contribution in [0.1, 0.15) is 17.0 Å². The second kappa shape index (κ2) is 6.26. The highest BCUT2D eigenvalue weighted by molar-refractivity contribution is 9.10. The van der Waals surface area contributed by atoms with Crippen LogP contribution in [0.3, 0.4) is 0 Å². The third-order valence-corrected chi connectivity index (χ3v) is 4.61. The van der Waals surface area contributed by atoms with Gasteiger partial charge in [0.2, 0.25) is 0 Å². The number of halogens is 4. The Labute approximate surface area is 140 Å². The van der Waals surface area contributed by atoms with Crippen LogP contribution < -0.4 is 0 Å². The Balaban J connectivity index is 2.08. The van der Waals surface area contributed by atoms with E-state index in [0.29, 0.717) is 24.2 Å². The number of alkyl halides is 3. The maximum absolute atomic E-state index is 13.7. The van der Waals surface area contributed by atoms with E-state index in [1.54, 1.807) is 41.5 Å². The molecule has 2 aromatic carbocycles. The standard InChI is InChI=1S/C17H15BrF3NO/c1-23-22-9-12(10-22)15-4-2-3-14(16(15)17(19,20)21)11-5-7-13(18)8-6-11/h2-8,12H,9-10H2,1H3. The summed E-state index contributed by atoms with van der Waals surface area (Å²) in [5, 5.41) is 1.65. The number of nitrogens with zero attached hydrogens (tertiary/aromatic N) is 1. The maximum Gasteiger partial charge on any atom is 0.417 e. The lowest BCUT2D eigenvalue weighted by molar-refractivity contribution is -0.183. The summed E-state index contributed by atoms with van der Waals surface area (Å²) in [7, 11) is 1.53. The Morgan fingerprint density at radius 1 is 1.09 bits per heavy atom. The topological polar surface area (TPSA) is 12.5 Å². The van der Waals surface area contributed by atoms with E-state index in [-0.39, 0.29) is 11.5 Å². The summed E-state index contributed by atoms with van der Waals surface area (Å²) in [5.41, 5.74) is 0.581. The normalized spacial score (nSPS) is 16.4. The second-order valence-corrected chi connectivity index (χ2v) is 6.42. The summed E-state index contributed by atoms with van der Waals surface area (Å²) in [6, 6.07) is 11.7. The van der Waals surface area contributed by atoms with Crippen molar-refractivity contribution in [1.82, 2.24) is 5.06 Å². The van der Waals surface area contributed by atoms with Crippen LogP contribution in [-0.2, 0) is 11.0 Å². The van der Waals surface area contributed by atoms with Gasteiger partial charge in [0.25, 0.3) is 0 Å². The van der Waals surface area contributed by atoms with Crippen LogP contribution in [0.25, 0.3) is 11.1 Å². The van der Waals surface area contributed by atoms with E-state index in [2.05, 4.69) is 15.9 Å². The fourth-order valence-electron chi connectivity index (χ4n) is 2.88. The lowest BCUT2D eigenvalue weighted by Gasteiger charge is -2.38. The summed E-state index contributed by atoms with van der Waals surface area (Å²) in [4.78, 5) is 5.04. The van der Waals surface area contributed by atoms with E-state index >= 15 is 0 Å². The van der Waals surface area contributed by atoms with E-state index in [0.717, 1.165) is 4.47 Å². The quantitative estimate of drug-likeness (QED) is 0.728. The lowest BCUT2D eigenvalue weighted by Crippen LogP contribution is -2.44. The Morgan fingerprint density at radius 2 is 1.74 bits per heavy atom. The van der Waals surface area contributed by atoms with E-state index in [4.69, 9.17) is 4.84 Å². The SMILES string of the molecule is CON1CC(c2cccc(-c3ccc(Br)cc3)c2C(F)(F)F)C1. The van der Waals surface area contributed by atoms with Gasteiger partial charge in [-0.15, -0.1) is 0 Å². The molecule has 0 spiro atoms. The van der Waals surface area contributed by atoms with Crippen LogP contribution in [0.5, 0.6) is 0 Å². The zero-order valence-electron chi connectivity index (χ0n) is 12.4. The first-order valence-corrected chi connectivity index (χ1v) is 7.94. The van der Waals surface area contributed by atoms with Gasteiger partial charge in [-0.1, -0.05) is 46.3 Å². The van der Waals surface area contributed by atoms with Gasteiger partial charge in [0.05, 0.1) is 12.7 Å². The van der Waals surface area contributed by atoms with Gasteiger partial charge in [0.15, 0.2) is 0 Å². The molecule has 1 fully saturated rings. The molecule has 0 saturated carbocycles. The first kappa shape index (κ1) is 16.5. The average molecular weight is 386 g/mol. The highest BCUT2D eigenvalue weighted by Crippen LogP contribution is 2.43. The first-order chi connectivity index (χ1) is 10.9. The molecule has 0 radical (unpaired) electrons. The summed E-state index contributed by atoms with van der Waals surface area (Å²) in [5.74, 6) is -0.165. The molecule has 122 valence electrons. The van der Waals surface area contributed by atoms with Crippen LogP contribution in [0.2, 0.25) is 0 Å². The highest BCUT2D eigenvalue weighted by atomic mass is 79.9. The molecule has 6 heteroatoms. The molecule has 0 amide bonds. The molecule has 0 aromatic heterocycles. The van der Waals surface area contributed by atoms with Crippen LogP contribution in [0.15, 0.2) is 46.9 Å². The molecule has 0 bridgehead atoms. The molecule has 1 aliphatic heterocycles. The van der Waals surface area contributed by atoms with Crippen molar-refractivity contribution in [3.05, 3.63) is 58.1 Å². The van der Waals surface area contributed by atoms with E-state index in [1.165, 1.54) is 13.2 Å². The van der Waals surface area contributed by atoms with Crippen LogP contribution in [0, 0.1) is 0 Å². The molecule has 0 aliphatic carbocycles. The smallest absolute Gasteiger partial charge is 0.302 e. The highest BCUT2D eigenvalue weighted by Gasteiger charge is 2.40. The Kier molecular flexibility index (Phi) is 4.49. The molecule has 2 aromatic rings. The molecule has 1 heterocycles. The fraction of sp³-hybridized carbons (Fsp3) is 0.294. The van der Waals surface area contributed by atoms with E-state index in [1.807, 2.05) is 0 Å². The predicted octanol–water partition coefficient (Wildman–Crippen LogP) is 5.10. The third-order valence-electron chi connectivity index (χ3n) is 4.08. The van der Waals surface area contributed by atoms with Gasteiger partial charge in [0, 0.05) is 23.5 Å². The molecular formula is C17H15BrF3NO. The van der Waals surface area contributed by atoms with Crippen molar-refractivity contribution in [3.63, 3.8) is 0 Å². The minimum absolute atomic E-state index is 0.165. The first-order valence-electron chi connectivity index (χ1n) is 7.15. The van der Waals surface area contributed by atoms with Gasteiger partial charge >= 0.3 is 6.18 Å². The molecule has 1 aliphatic rings. The monoisotopic (exact) mass is 385 g/mol. The van der Waals surface area contributed by atoms with Crippen molar-refractivity contribution in [1.29, 1.82) is 0 Å². The van der Waals surface area contributed by atoms with Crippen molar-refractivity contribution in [2.45, 2.75) is 12.1 Å². The molecular weight excluding hydrogens is 371 g/mol. The Bertz CT molecular complexity index is 694. The van der Waals surface area contributed by atoms with Gasteiger partial charge in [-0.2, -0.15) is 18.2 Å². The minimum atomic E-state index is -4.40. The lowest BCUT2D eigenvalue weighted by atomic mass is 9.85. The van der Waals surface area contributed by atoms with Crippen molar-refractivity contribution < 1.29 is 18.0 Å². The van der Waals surface area contributed by atoms with Crippen molar-refractivity contribution in [3.8, 4) is 11.1 Å². The van der Waals surface area contributed by atoms with Crippen molar-refractivity contribution in [2.24, 2.45) is 0 Å². The van der Waals surface area contributed by atoms with Crippen LogP contribution in [-0.4, -0.2) is 25.3 Å². The maximum atomic E-state index is 13.7. The Morgan fingerprint density at radius 3 is 2.30 bits per heavy atom. The van der Waals surface area contributed by atoms with Crippen LogP contribution in [0.4, 0.5) is 13.2 Å². The summed E-state index contributed by atoms with van der Waals surface area (Å²) in [6.07, 6.45) is -4.40. The molecule has 3 rings (SSSR count). The van der Waals surface area contributed by atoms with Gasteiger partial charge in [0.1, 0.15) is 0 Å². The summed E-state index contributed by atoms with van der Waals surface area (Å²) < 4.78 is 42.0. The van der Waals surface area contributed by atoms with Gasteiger partial charge in [-0.3, -0.25) is 0 Å². The van der Waals surface area contributed by atoms with Gasteiger partial charge in [-0.05, 0) is 28.8 Å². The molecule has 1 saturated heterocycles.